The Kier molecular flexibility index (Phi) is 5.21. The molecule has 3 nitrogen and oxygen atoms in total. The van der Waals surface area contributed by atoms with E-state index in [9.17, 15) is 9.18 Å². The van der Waals surface area contributed by atoms with Gasteiger partial charge in [0.1, 0.15) is 5.82 Å². The van der Waals surface area contributed by atoms with Crippen LogP contribution in [0.15, 0.2) is 95.6 Å². The molecule has 2 aliphatic rings. The van der Waals surface area contributed by atoms with Gasteiger partial charge in [-0.3, -0.25) is 4.79 Å². The number of fused-ring (bicyclic) bond motifs is 1. The van der Waals surface area contributed by atoms with Gasteiger partial charge in [-0.05, 0) is 66.3 Å². The fourth-order valence-corrected chi connectivity index (χ4v) is 4.63. The van der Waals surface area contributed by atoms with E-state index in [-0.39, 0.29) is 23.7 Å². The number of hydrazone groups is 1. The lowest BCUT2D eigenvalue weighted by Crippen LogP contribution is -2.31. The number of rotatable bonds is 3. The zero-order valence-electron chi connectivity index (χ0n) is 17.1. The normalized spacial score (nSPS) is 21.6. The third-order valence-electron chi connectivity index (χ3n) is 6.08. The van der Waals surface area contributed by atoms with Gasteiger partial charge in [0.05, 0.1) is 11.8 Å². The SMILES string of the molecule is O=C(c1ccc(F)cc1)N1N=C2/C(=C\c3ccccc3)CCC[C@@H]2[C@@H]1c1ccccc1. The Morgan fingerprint density at radius 2 is 1.61 bits per heavy atom. The summed E-state index contributed by atoms with van der Waals surface area (Å²) in [5.74, 6) is -0.407. The minimum Gasteiger partial charge on any atom is -0.267 e. The highest BCUT2D eigenvalue weighted by molar-refractivity contribution is 6.09. The van der Waals surface area contributed by atoms with E-state index in [1.165, 1.54) is 29.8 Å². The van der Waals surface area contributed by atoms with Crippen molar-refractivity contribution in [3.05, 3.63) is 113 Å². The summed E-state index contributed by atoms with van der Waals surface area (Å²) in [5.41, 5.74) is 4.85. The van der Waals surface area contributed by atoms with Gasteiger partial charge in [0, 0.05) is 11.5 Å². The minimum absolute atomic E-state index is 0.149. The molecular weight excluding hydrogens is 387 g/mol. The van der Waals surface area contributed by atoms with Crippen LogP contribution in [0.1, 0.15) is 46.8 Å². The predicted molar refractivity (Wildman–Crippen MR) is 121 cm³/mol. The van der Waals surface area contributed by atoms with E-state index in [2.05, 4.69) is 30.3 Å². The summed E-state index contributed by atoms with van der Waals surface area (Å²) in [6.07, 6.45) is 5.19. The maximum absolute atomic E-state index is 13.4. The number of carbonyl (C=O) groups is 1. The molecule has 154 valence electrons. The summed E-state index contributed by atoms with van der Waals surface area (Å²) in [7, 11) is 0. The molecule has 3 aromatic rings. The summed E-state index contributed by atoms with van der Waals surface area (Å²) >= 11 is 0. The first-order valence-corrected chi connectivity index (χ1v) is 10.7. The Bertz CT molecular complexity index is 1140. The van der Waals surface area contributed by atoms with Crippen LogP contribution in [-0.4, -0.2) is 16.6 Å². The zero-order chi connectivity index (χ0) is 21.2. The van der Waals surface area contributed by atoms with E-state index < -0.39 is 0 Å². The number of benzene rings is 3. The van der Waals surface area contributed by atoms with Crippen LogP contribution in [0.3, 0.4) is 0 Å². The molecule has 0 N–H and O–H groups in total. The molecule has 2 atom stereocenters. The van der Waals surface area contributed by atoms with Crippen molar-refractivity contribution in [3.8, 4) is 0 Å². The fraction of sp³-hybridized carbons (Fsp3) is 0.185. The number of halogens is 1. The van der Waals surface area contributed by atoms with Crippen LogP contribution in [0.4, 0.5) is 4.39 Å². The average molecular weight is 410 g/mol. The van der Waals surface area contributed by atoms with Crippen LogP contribution in [0.25, 0.3) is 6.08 Å². The summed E-state index contributed by atoms with van der Waals surface area (Å²) in [6, 6.07) is 25.9. The van der Waals surface area contributed by atoms with Crippen molar-refractivity contribution in [2.45, 2.75) is 25.3 Å². The molecule has 3 aromatic carbocycles. The van der Waals surface area contributed by atoms with Crippen LogP contribution in [0.2, 0.25) is 0 Å². The van der Waals surface area contributed by atoms with Gasteiger partial charge in [0.15, 0.2) is 0 Å². The van der Waals surface area contributed by atoms with Crippen LogP contribution >= 0.6 is 0 Å². The number of carbonyl (C=O) groups excluding carboxylic acids is 1. The van der Waals surface area contributed by atoms with E-state index >= 15 is 0 Å². The third-order valence-corrected chi connectivity index (χ3v) is 6.08. The molecule has 0 bridgehead atoms. The van der Waals surface area contributed by atoms with Gasteiger partial charge in [-0.25, -0.2) is 9.40 Å². The molecule has 0 unspecified atom stereocenters. The lowest BCUT2D eigenvalue weighted by Gasteiger charge is -2.29. The van der Waals surface area contributed by atoms with Gasteiger partial charge >= 0.3 is 0 Å². The molecule has 1 aliphatic carbocycles. The molecule has 0 aromatic heterocycles. The van der Waals surface area contributed by atoms with Crippen molar-refractivity contribution in [2.24, 2.45) is 11.0 Å². The summed E-state index contributed by atoms with van der Waals surface area (Å²) < 4.78 is 13.4. The van der Waals surface area contributed by atoms with Crippen LogP contribution in [0.5, 0.6) is 0 Å². The highest BCUT2D eigenvalue weighted by atomic mass is 19.1. The maximum Gasteiger partial charge on any atom is 0.274 e. The summed E-state index contributed by atoms with van der Waals surface area (Å²) in [5, 5.41) is 6.50. The zero-order valence-corrected chi connectivity index (χ0v) is 17.1. The molecule has 1 aliphatic heterocycles. The lowest BCUT2D eigenvalue weighted by molar-refractivity contribution is 0.0681. The van der Waals surface area contributed by atoms with Crippen molar-refractivity contribution in [2.75, 3.05) is 0 Å². The predicted octanol–water partition coefficient (Wildman–Crippen LogP) is 6.26. The Labute approximate surface area is 181 Å². The first kappa shape index (κ1) is 19.4. The smallest absolute Gasteiger partial charge is 0.267 e. The van der Waals surface area contributed by atoms with E-state index in [1.807, 2.05) is 36.4 Å². The highest BCUT2D eigenvalue weighted by Gasteiger charge is 2.43. The molecule has 31 heavy (non-hydrogen) atoms. The number of allylic oxidation sites excluding steroid dienone is 1. The second-order valence-corrected chi connectivity index (χ2v) is 8.08. The standard InChI is InChI=1S/C27H23FN2O/c28-23-16-14-21(15-17-23)27(31)30-26(20-10-5-2-6-11-20)24-13-7-12-22(25(24)29-30)18-19-8-3-1-4-9-19/h1-6,8-11,14-18,24,26H,7,12-13H2/b22-18-/t24-,26-/m0/s1. The second kappa shape index (κ2) is 8.31. The topological polar surface area (TPSA) is 32.7 Å². The molecule has 0 radical (unpaired) electrons. The molecular formula is C27H23FN2O. The highest BCUT2D eigenvalue weighted by Crippen LogP contribution is 2.44. The van der Waals surface area contributed by atoms with Crippen molar-refractivity contribution in [3.63, 3.8) is 0 Å². The third kappa shape index (κ3) is 3.81. The molecule has 0 spiro atoms. The Hall–Kier alpha value is -3.53. The van der Waals surface area contributed by atoms with Gasteiger partial charge in [-0.15, -0.1) is 0 Å². The molecule has 1 heterocycles. The Morgan fingerprint density at radius 3 is 2.32 bits per heavy atom. The monoisotopic (exact) mass is 410 g/mol. The van der Waals surface area contributed by atoms with Gasteiger partial charge in [0.2, 0.25) is 0 Å². The summed E-state index contributed by atoms with van der Waals surface area (Å²) in [4.78, 5) is 13.4. The number of hydrogen-bond donors (Lipinski definition) is 0. The lowest BCUT2D eigenvalue weighted by atomic mass is 9.77. The first-order valence-electron chi connectivity index (χ1n) is 10.7. The van der Waals surface area contributed by atoms with Crippen molar-refractivity contribution in [1.29, 1.82) is 0 Å². The quantitative estimate of drug-likeness (QED) is 0.501. The fourth-order valence-electron chi connectivity index (χ4n) is 4.63. The van der Waals surface area contributed by atoms with Gasteiger partial charge in [-0.1, -0.05) is 60.7 Å². The largest absolute Gasteiger partial charge is 0.274 e. The van der Waals surface area contributed by atoms with E-state index in [0.29, 0.717) is 5.56 Å². The second-order valence-electron chi connectivity index (χ2n) is 8.08. The van der Waals surface area contributed by atoms with Crippen molar-refractivity contribution < 1.29 is 9.18 Å². The first-order chi connectivity index (χ1) is 15.2. The molecule has 1 amide bonds. The van der Waals surface area contributed by atoms with Crippen LogP contribution in [0, 0.1) is 11.7 Å². The van der Waals surface area contributed by atoms with Crippen LogP contribution < -0.4 is 0 Å². The van der Waals surface area contributed by atoms with Gasteiger partial charge in [-0.2, -0.15) is 5.10 Å². The molecule has 4 heteroatoms. The van der Waals surface area contributed by atoms with E-state index in [1.54, 1.807) is 5.01 Å². The van der Waals surface area contributed by atoms with Crippen LogP contribution in [-0.2, 0) is 0 Å². The van der Waals surface area contributed by atoms with Crippen molar-refractivity contribution >= 4 is 17.7 Å². The Morgan fingerprint density at radius 1 is 0.935 bits per heavy atom. The molecule has 1 fully saturated rings. The Balaban J connectivity index is 1.57. The molecule has 1 saturated carbocycles. The molecule has 5 rings (SSSR count). The average Bonchev–Trinajstić information content (AvgIpc) is 3.21. The van der Waals surface area contributed by atoms with E-state index in [0.717, 1.165) is 36.1 Å². The van der Waals surface area contributed by atoms with Gasteiger partial charge < -0.3 is 0 Å². The maximum atomic E-state index is 13.4. The van der Waals surface area contributed by atoms with E-state index in [4.69, 9.17) is 5.10 Å². The van der Waals surface area contributed by atoms with Gasteiger partial charge in [0.25, 0.3) is 5.91 Å². The minimum atomic E-state index is -0.356. The molecule has 0 saturated heterocycles. The number of hydrogen-bond acceptors (Lipinski definition) is 2. The summed E-state index contributed by atoms with van der Waals surface area (Å²) in [6.45, 7) is 0. The number of nitrogens with zero attached hydrogens (tertiary/aromatic N) is 2. The van der Waals surface area contributed by atoms with Crippen molar-refractivity contribution in [1.82, 2.24) is 5.01 Å². The number of amides is 1.